The second kappa shape index (κ2) is 15.7. The number of hydrogen-bond donors (Lipinski definition) is 0. The van der Waals surface area contributed by atoms with Gasteiger partial charge >= 0.3 is 5.97 Å². The summed E-state index contributed by atoms with van der Waals surface area (Å²) < 4.78 is 32.0. The molecule has 1 heterocycles. The van der Waals surface area contributed by atoms with E-state index in [4.69, 9.17) is 23.7 Å². The Kier molecular flexibility index (Phi) is 11.2. The van der Waals surface area contributed by atoms with Crippen molar-refractivity contribution in [3.8, 4) is 0 Å². The first-order valence-corrected chi connectivity index (χ1v) is 15.0. The average Bonchev–Trinajstić information content (AvgIpc) is 3.02. The molecule has 1 aliphatic heterocycles. The van der Waals surface area contributed by atoms with Gasteiger partial charge in [0.2, 0.25) is 0 Å². The van der Waals surface area contributed by atoms with Crippen LogP contribution in [0.25, 0.3) is 0 Å². The number of hydrogen-bond acceptors (Lipinski definition) is 7. The third-order valence-electron chi connectivity index (χ3n) is 6.85. The van der Waals surface area contributed by atoms with Gasteiger partial charge in [-0.15, -0.1) is 0 Å². The summed E-state index contributed by atoms with van der Waals surface area (Å²) in [6.07, 6.45) is -2.47. The Balaban J connectivity index is 1.43. The molecule has 1 fully saturated rings. The number of carbonyl (C=O) groups is 1. The van der Waals surface area contributed by atoms with E-state index in [0.717, 1.165) is 21.6 Å². The largest absolute Gasteiger partial charge is 0.457 e. The summed E-state index contributed by atoms with van der Waals surface area (Å²) in [7, 11) is 0. The summed E-state index contributed by atoms with van der Waals surface area (Å²) in [6.45, 7) is 2.75. The molecule has 4 aromatic carbocycles. The van der Waals surface area contributed by atoms with E-state index in [-0.39, 0.29) is 6.61 Å². The smallest absolute Gasteiger partial charge is 0.303 e. The van der Waals surface area contributed by atoms with E-state index < -0.39 is 35.8 Å². The van der Waals surface area contributed by atoms with Crippen LogP contribution in [0.2, 0.25) is 0 Å². The van der Waals surface area contributed by atoms with Crippen LogP contribution in [0, 0.1) is 0 Å². The molecule has 0 N–H and O–H groups in total. The van der Waals surface area contributed by atoms with E-state index in [2.05, 4.69) is 0 Å². The Morgan fingerprint density at radius 1 is 0.643 bits per heavy atom. The van der Waals surface area contributed by atoms with Crippen LogP contribution in [0.1, 0.15) is 23.6 Å². The van der Waals surface area contributed by atoms with Crippen molar-refractivity contribution in [1.82, 2.24) is 0 Å². The summed E-state index contributed by atoms with van der Waals surface area (Å²) in [5, 5.41) is 0. The van der Waals surface area contributed by atoms with Gasteiger partial charge in [0.25, 0.3) is 0 Å². The molecule has 0 amide bonds. The summed E-state index contributed by atoms with van der Waals surface area (Å²) in [6, 6.07) is 39.8. The monoisotopic (exact) mass is 584 g/mol. The highest BCUT2D eigenvalue weighted by Crippen LogP contribution is 2.38. The van der Waals surface area contributed by atoms with Gasteiger partial charge in [-0.1, -0.05) is 121 Å². The highest BCUT2D eigenvalue weighted by Gasteiger charge is 2.50. The van der Waals surface area contributed by atoms with E-state index in [1.165, 1.54) is 18.7 Å². The van der Waals surface area contributed by atoms with Crippen molar-refractivity contribution in [2.45, 2.75) is 61.5 Å². The SMILES string of the molecule is CC(=O)O[C@H]1[C@@H](OCc2ccccc2)[C@@H](COCc2ccccc2)O[C@@H](Sc2ccccc2)[C@@H]1OCc1ccccc1. The zero-order valence-corrected chi connectivity index (χ0v) is 24.4. The molecule has 0 aliphatic carbocycles. The van der Waals surface area contributed by atoms with Gasteiger partial charge in [-0.25, -0.2) is 0 Å². The summed E-state index contributed by atoms with van der Waals surface area (Å²) in [4.78, 5) is 13.5. The van der Waals surface area contributed by atoms with Gasteiger partial charge < -0.3 is 23.7 Å². The number of benzene rings is 4. The number of thioether (sulfide) groups is 1. The minimum atomic E-state index is -0.727. The average molecular weight is 585 g/mol. The first-order valence-electron chi connectivity index (χ1n) is 14.1. The van der Waals surface area contributed by atoms with Gasteiger partial charge in [-0.05, 0) is 28.8 Å². The van der Waals surface area contributed by atoms with Crippen LogP contribution in [0.15, 0.2) is 126 Å². The molecule has 0 saturated carbocycles. The Morgan fingerprint density at radius 2 is 1.12 bits per heavy atom. The van der Waals surface area contributed by atoms with Crippen LogP contribution in [-0.4, -0.2) is 42.4 Å². The topological polar surface area (TPSA) is 63.2 Å². The number of esters is 1. The third-order valence-corrected chi connectivity index (χ3v) is 8.01. The fourth-order valence-corrected chi connectivity index (χ4v) is 5.99. The van der Waals surface area contributed by atoms with Crippen LogP contribution in [0.4, 0.5) is 0 Å². The van der Waals surface area contributed by atoms with E-state index in [9.17, 15) is 4.79 Å². The van der Waals surface area contributed by atoms with Crippen LogP contribution >= 0.6 is 11.8 Å². The summed E-state index contributed by atoms with van der Waals surface area (Å²) >= 11 is 1.54. The standard InChI is InChI=1S/C35H36O6S/c1-26(36)40-33-32(38-23-28-16-8-3-9-17-28)31(25-37-22-27-14-6-2-7-15-27)41-35(42-30-20-12-5-13-21-30)34(33)39-24-29-18-10-4-11-19-29/h2-21,31-35H,22-25H2,1H3/t31-,32+,33+,34-,35+/m1/s1. The van der Waals surface area contributed by atoms with Crippen molar-refractivity contribution < 1.29 is 28.5 Å². The molecule has 0 bridgehead atoms. The van der Waals surface area contributed by atoms with E-state index in [0.29, 0.717) is 19.8 Å². The van der Waals surface area contributed by atoms with Gasteiger partial charge in [-0.3, -0.25) is 4.79 Å². The fourth-order valence-electron chi connectivity index (χ4n) is 4.84. The summed E-state index contributed by atoms with van der Waals surface area (Å²) in [5.74, 6) is -0.407. The number of ether oxygens (including phenoxy) is 5. The minimum absolute atomic E-state index is 0.253. The summed E-state index contributed by atoms with van der Waals surface area (Å²) in [5.41, 5.74) is 2.59. The van der Waals surface area contributed by atoms with Crippen LogP contribution < -0.4 is 0 Å². The molecule has 1 aliphatic rings. The molecule has 5 atom stereocenters. The van der Waals surface area contributed by atoms with E-state index in [1.54, 1.807) is 0 Å². The lowest BCUT2D eigenvalue weighted by Gasteiger charge is -2.45. The van der Waals surface area contributed by atoms with Crippen molar-refractivity contribution in [3.05, 3.63) is 138 Å². The molecule has 0 aromatic heterocycles. The zero-order valence-electron chi connectivity index (χ0n) is 23.6. The normalized spacial score (nSPS) is 22.0. The highest BCUT2D eigenvalue weighted by molar-refractivity contribution is 7.99. The maximum Gasteiger partial charge on any atom is 0.303 e. The molecule has 5 rings (SSSR count). The van der Waals surface area contributed by atoms with Crippen molar-refractivity contribution >= 4 is 17.7 Å². The maximum atomic E-state index is 12.5. The Bertz CT molecular complexity index is 1340. The lowest BCUT2D eigenvalue weighted by molar-refractivity contribution is -0.248. The lowest BCUT2D eigenvalue weighted by atomic mass is 9.99. The first-order chi connectivity index (χ1) is 20.7. The van der Waals surface area contributed by atoms with E-state index in [1.807, 2.05) is 121 Å². The van der Waals surface area contributed by atoms with Crippen molar-refractivity contribution in [3.63, 3.8) is 0 Å². The molecule has 0 unspecified atom stereocenters. The number of carbonyl (C=O) groups excluding carboxylic acids is 1. The third kappa shape index (κ3) is 8.77. The predicted molar refractivity (Wildman–Crippen MR) is 163 cm³/mol. The molecule has 4 aromatic rings. The Morgan fingerprint density at radius 3 is 1.64 bits per heavy atom. The zero-order chi connectivity index (χ0) is 29.0. The molecular weight excluding hydrogens is 548 g/mol. The van der Waals surface area contributed by atoms with Gasteiger partial charge in [0, 0.05) is 11.8 Å². The minimum Gasteiger partial charge on any atom is -0.457 e. The van der Waals surface area contributed by atoms with E-state index >= 15 is 0 Å². The van der Waals surface area contributed by atoms with Gasteiger partial charge in [0.15, 0.2) is 6.10 Å². The van der Waals surface area contributed by atoms with Crippen molar-refractivity contribution in [2.24, 2.45) is 0 Å². The second-order valence-electron chi connectivity index (χ2n) is 10.1. The quantitative estimate of drug-likeness (QED) is 0.160. The van der Waals surface area contributed by atoms with Gasteiger partial charge in [0.05, 0.1) is 26.4 Å². The van der Waals surface area contributed by atoms with Crippen molar-refractivity contribution in [1.29, 1.82) is 0 Å². The molecule has 0 spiro atoms. The van der Waals surface area contributed by atoms with Crippen LogP contribution in [0.5, 0.6) is 0 Å². The molecule has 0 radical (unpaired) electrons. The molecule has 7 heteroatoms. The molecule has 42 heavy (non-hydrogen) atoms. The van der Waals surface area contributed by atoms with Crippen molar-refractivity contribution in [2.75, 3.05) is 6.61 Å². The molecule has 218 valence electrons. The highest BCUT2D eigenvalue weighted by atomic mass is 32.2. The maximum absolute atomic E-state index is 12.5. The molecule has 6 nitrogen and oxygen atoms in total. The first kappa shape index (κ1) is 30.0. The number of rotatable bonds is 13. The second-order valence-corrected chi connectivity index (χ2v) is 11.2. The van der Waals surface area contributed by atoms with Gasteiger partial charge in [0.1, 0.15) is 23.7 Å². The van der Waals surface area contributed by atoms with Crippen LogP contribution in [-0.2, 0) is 48.3 Å². The molecular formula is C35H36O6S. The lowest BCUT2D eigenvalue weighted by Crippen LogP contribution is -2.60. The Labute approximate surface area is 251 Å². The predicted octanol–water partition coefficient (Wildman–Crippen LogP) is 6.82. The fraction of sp³-hybridized carbons (Fsp3) is 0.286. The van der Waals surface area contributed by atoms with Gasteiger partial charge in [-0.2, -0.15) is 0 Å². The Hall–Kier alpha value is -3.46. The molecule has 1 saturated heterocycles. The van der Waals surface area contributed by atoms with Crippen LogP contribution in [0.3, 0.4) is 0 Å².